The van der Waals surface area contributed by atoms with Crippen LogP contribution in [0.1, 0.15) is 24.2 Å². The van der Waals surface area contributed by atoms with Gasteiger partial charge in [0.25, 0.3) is 5.91 Å². The van der Waals surface area contributed by atoms with Crippen LogP contribution in [-0.4, -0.2) is 41.3 Å². The summed E-state index contributed by atoms with van der Waals surface area (Å²) < 4.78 is 5.34. The lowest BCUT2D eigenvalue weighted by Crippen LogP contribution is -2.45. The van der Waals surface area contributed by atoms with Gasteiger partial charge >= 0.3 is 0 Å². The third-order valence-corrected chi connectivity index (χ3v) is 6.59. The van der Waals surface area contributed by atoms with Crippen molar-refractivity contribution in [3.8, 4) is 0 Å². The summed E-state index contributed by atoms with van der Waals surface area (Å²) in [5, 5.41) is 17.8. The summed E-state index contributed by atoms with van der Waals surface area (Å²) in [5.74, 6) is 1.19. The zero-order chi connectivity index (χ0) is 26.4. The molecule has 1 saturated heterocycles. The number of nitrogens with two attached hydrogens (primary N) is 1. The van der Waals surface area contributed by atoms with E-state index in [-0.39, 0.29) is 11.3 Å². The Morgan fingerprint density at radius 2 is 1.86 bits per heavy atom. The van der Waals surface area contributed by atoms with Crippen molar-refractivity contribution in [2.24, 2.45) is 11.1 Å². The number of benzene rings is 2. The predicted octanol–water partition coefficient (Wildman–Crippen LogP) is 5.23. The topological polar surface area (TPSA) is 138 Å². The number of carbonyl (C=O) groups excluding carboxylic acids is 1. The van der Waals surface area contributed by atoms with E-state index in [0.717, 1.165) is 4.90 Å². The van der Waals surface area contributed by atoms with E-state index in [1.807, 2.05) is 24.3 Å². The molecule has 4 rings (SSSR count). The number of aromatic nitrogens is 2. The van der Waals surface area contributed by atoms with Crippen molar-refractivity contribution >= 4 is 52.3 Å². The molecule has 2 heterocycles. The molecule has 0 radical (unpaired) electrons. The van der Waals surface area contributed by atoms with Gasteiger partial charge in [-0.2, -0.15) is 0 Å². The molecule has 37 heavy (non-hydrogen) atoms. The molecule has 0 spiro atoms. The molecule has 0 saturated carbocycles. The fourth-order valence-electron chi connectivity index (χ4n) is 3.45. The smallest absolute Gasteiger partial charge is 0.257 e. The standard InChI is InChI=1S/C26H28ClN7O2S/c1-16(28)11-21(29)32-23-12-22(30-13-26(2)14-36-15-26)33-25(34-23)37-18-9-7-17(8-10-18)31-24(35)19-5-3-4-6-20(19)27/h3-12,28H,13-15,29H2,1-2H3,(H,31,35)(H2,30,32,33,34)/b21-11+,28-16?. The summed E-state index contributed by atoms with van der Waals surface area (Å²) in [7, 11) is 0. The van der Waals surface area contributed by atoms with Gasteiger partial charge in [-0.15, -0.1) is 0 Å². The molecule has 0 bridgehead atoms. The summed E-state index contributed by atoms with van der Waals surface area (Å²) in [6.45, 7) is 5.90. The molecular formula is C26H28ClN7O2S. The van der Waals surface area contributed by atoms with Crippen LogP contribution in [0.2, 0.25) is 5.02 Å². The minimum absolute atomic E-state index is 0.0618. The molecule has 1 aliphatic heterocycles. The number of rotatable bonds is 10. The van der Waals surface area contributed by atoms with E-state index in [4.69, 9.17) is 27.5 Å². The minimum Gasteiger partial charge on any atom is -0.385 e. The van der Waals surface area contributed by atoms with Crippen molar-refractivity contribution in [2.45, 2.75) is 23.9 Å². The van der Waals surface area contributed by atoms with Crippen LogP contribution in [0.3, 0.4) is 0 Å². The zero-order valence-corrected chi connectivity index (χ0v) is 22.0. The summed E-state index contributed by atoms with van der Waals surface area (Å²) >= 11 is 7.50. The molecule has 1 fully saturated rings. The molecule has 1 aliphatic rings. The lowest BCUT2D eigenvalue weighted by Gasteiger charge is -2.38. The quantitative estimate of drug-likeness (QED) is 0.175. The molecule has 192 valence electrons. The average molecular weight is 538 g/mol. The number of hydrogen-bond donors (Lipinski definition) is 5. The van der Waals surface area contributed by atoms with Gasteiger partial charge in [-0.1, -0.05) is 30.7 Å². The van der Waals surface area contributed by atoms with Crippen molar-refractivity contribution in [3.63, 3.8) is 0 Å². The number of halogens is 1. The van der Waals surface area contributed by atoms with E-state index in [2.05, 4.69) is 32.8 Å². The summed E-state index contributed by atoms with van der Waals surface area (Å²) in [5.41, 5.74) is 7.44. The largest absolute Gasteiger partial charge is 0.385 e. The van der Waals surface area contributed by atoms with Crippen LogP contribution in [0.4, 0.5) is 17.3 Å². The summed E-state index contributed by atoms with van der Waals surface area (Å²) in [6.07, 6.45) is 1.52. The highest BCUT2D eigenvalue weighted by molar-refractivity contribution is 7.99. The van der Waals surface area contributed by atoms with Crippen molar-refractivity contribution < 1.29 is 9.53 Å². The van der Waals surface area contributed by atoms with Crippen LogP contribution < -0.4 is 21.7 Å². The maximum absolute atomic E-state index is 12.5. The van der Waals surface area contributed by atoms with E-state index in [1.54, 1.807) is 37.3 Å². The average Bonchev–Trinajstić information content (AvgIpc) is 2.82. The summed E-state index contributed by atoms with van der Waals surface area (Å²) in [4.78, 5) is 22.6. The second-order valence-electron chi connectivity index (χ2n) is 9.05. The number of nitrogens with zero attached hydrogens (tertiary/aromatic N) is 2. The molecule has 0 unspecified atom stereocenters. The first kappa shape index (κ1) is 26.5. The van der Waals surface area contributed by atoms with Crippen LogP contribution in [0.5, 0.6) is 0 Å². The van der Waals surface area contributed by atoms with Crippen LogP contribution >= 0.6 is 23.4 Å². The monoisotopic (exact) mass is 537 g/mol. The Labute approximate surface area is 224 Å². The number of nitrogens with one attached hydrogen (secondary N) is 4. The van der Waals surface area contributed by atoms with Gasteiger partial charge in [-0.3, -0.25) is 4.79 Å². The highest BCUT2D eigenvalue weighted by Gasteiger charge is 2.33. The van der Waals surface area contributed by atoms with Crippen LogP contribution in [-0.2, 0) is 4.74 Å². The van der Waals surface area contributed by atoms with Gasteiger partial charge in [-0.05, 0) is 61.2 Å². The van der Waals surface area contributed by atoms with E-state index < -0.39 is 0 Å². The second-order valence-corrected chi connectivity index (χ2v) is 10.5. The summed E-state index contributed by atoms with van der Waals surface area (Å²) in [6, 6.07) is 16.1. The number of carbonyl (C=O) groups is 1. The SMILES string of the molecule is CC(=N)/C=C(\N)Nc1cc(NCC2(C)COC2)nc(Sc2ccc(NC(=O)c3ccccc3Cl)cc2)n1. The normalized spacial score (nSPS) is 14.4. The van der Waals surface area contributed by atoms with Gasteiger partial charge < -0.3 is 31.8 Å². The molecule has 2 aromatic carbocycles. The molecule has 0 aliphatic carbocycles. The number of anilines is 3. The van der Waals surface area contributed by atoms with E-state index in [9.17, 15) is 4.79 Å². The van der Waals surface area contributed by atoms with Gasteiger partial charge in [0.2, 0.25) is 0 Å². The molecule has 3 aromatic rings. The van der Waals surface area contributed by atoms with E-state index >= 15 is 0 Å². The number of hydrogen-bond acceptors (Lipinski definition) is 9. The fourth-order valence-corrected chi connectivity index (χ4v) is 4.45. The van der Waals surface area contributed by atoms with Crippen LogP contribution in [0, 0.1) is 10.8 Å². The van der Waals surface area contributed by atoms with Gasteiger partial charge in [0, 0.05) is 34.3 Å². The highest BCUT2D eigenvalue weighted by atomic mass is 35.5. The van der Waals surface area contributed by atoms with Gasteiger partial charge in [-0.25, -0.2) is 9.97 Å². The number of ether oxygens (including phenoxy) is 1. The third-order valence-electron chi connectivity index (χ3n) is 5.39. The van der Waals surface area contributed by atoms with E-state index in [0.29, 0.717) is 64.4 Å². The van der Waals surface area contributed by atoms with Crippen molar-refractivity contribution in [2.75, 3.05) is 35.7 Å². The minimum atomic E-state index is -0.278. The van der Waals surface area contributed by atoms with Crippen molar-refractivity contribution in [1.29, 1.82) is 5.41 Å². The third kappa shape index (κ3) is 7.45. The second kappa shape index (κ2) is 11.6. The lowest BCUT2D eigenvalue weighted by atomic mass is 9.89. The Balaban J connectivity index is 1.48. The van der Waals surface area contributed by atoms with Gasteiger partial charge in [0.15, 0.2) is 5.16 Å². The molecule has 0 atom stereocenters. The molecule has 6 N–H and O–H groups in total. The van der Waals surface area contributed by atoms with Gasteiger partial charge in [0.1, 0.15) is 17.5 Å². The fraction of sp³-hybridized carbons (Fsp3) is 0.231. The Morgan fingerprint density at radius 1 is 1.16 bits per heavy atom. The maximum atomic E-state index is 12.5. The van der Waals surface area contributed by atoms with E-state index in [1.165, 1.54) is 17.8 Å². The molecular weight excluding hydrogens is 510 g/mol. The number of allylic oxidation sites excluding steroid dienone is 1. The first-order valence-corrected chi connectivity index (χ1v) is 12.7. The van der Waals surface area contributed by atoms with Crippen molar-refractivity contribution in [1.82, 2.24) is 9.97 Å². The highest BCUT2D eigenvalue weighted by Crippen LogP contribution is 2.30. The van der Waals surface area contributed by atoms with Crippen LogP contribution in [0.25, 0.3) is 0 Å². The first-order valence-electron chi connectivity index (χ1n) is 11.5. The Hall–Kier alpha value is -3.60. The first-order chi connectivity index (χ1) is 17.7. The zero-order valence-electron chi connectivity index (χ0n) is 20.5. The Morgan fingerprint density at radius 3 is 2.51 bits per heavy atom. The van der Waals surface area contributed by atoms with Crippen molar-refractivity contribution in [3.05, 3.63) is 77.1 Å². The molecule has 1 amide bonds. The Bertz CT molecular complexity index is 1330. The number of amides is 1. The Kier molecular flexibility index (Phi) is 8.32. The van der Waals surface area contributed by atoms with Crippen LogP contribution in [0.15, 0.2) is 76.5 Å². The molecule has 1 aromatic heterocycles. The molecule has 9 nitrogen and oxygen atoms in total. The van der Waals surface area contributed by atoms with Gasteiger partial charge in [0.05, 0.1) is 23.8 Å². The lowest BCUT2D eigenvalue weighted by molar-refractivity contribution is -0.0924. The maximum Gasteiger partial charge on any atom is 0.257 e. The predicted molar refractivity (Wildman–Crippen MR) is 149 cm³/mol. The molecule has 11 heteroatoms.